The lowest BCUT2D eigenvalue weighted by Crippen LogP contribution is -2.60. The van der Waals surface area contributed by atoms with Gasteiger partial charge in [-0.2, -0.15) is 0 Å². The standard InChI is InChI=1S/C9H18N2O/c1-7(2)6-8(12)11-9(10)4-3-5-9/h7H,3-6,10H2,1-2H3,(H,11,12). The average molecular weight is 170 g/mol. The van der Waals surface area contributed by atoms with Crippen LogP contribution in [0, 0.1) is 5.92 Å². The highest BCUT2D eigenvalue weighted by molar-refractivity contribution is 5.77. The van der Waals surface area contributed by atoms with Crippen molar-refractivity contribution in [1.82, 2.24) is 5.32 Å². The van der Waals surface area contributed by atoms with Crippen molar-refractivity contribution in [2.45, 2.75) is 45.2 Å². The molecule has 0 unspecified atom stereocenters. The number of amides is 1. The van der Waals surface area contributed by atoms with Crippen LogP contribution >= 0.6 is 0 Å². The van der Waals surface area contributed by atoms with Gasteiger partial charge in [0.05, 0.1) is 5.66 Å². The highest BCUT2D eigenvalue weighted by Gasteiger charge is 2.33. The van der Waals surface area contributed by atoms with Crippen molar-refractivity contribution in [2.75, 3.05) is 0 Å². The molecular formula is C9H18N2O. The summed E-state index contributed by atoms with van der Waals surface area (Å²) in [5, 5.41) is 2.86. The molecule has 0 spiro atoms. The van der Waals surface area contributed by atoms with E-state index in [1.54, 1.807) is 0 Å². The molecule has 0 aromatic heterocycles. The van der Waals surface area contributed by atoms with Gasteiger partial charge in [-0.3, -0.25) is 4.79 Å². The van der Waals surface area contributed by atoms with E-state index >= 15 is 0 Å². The van der Waals surface area contributed by atoms with Gasteiger partial charge in [0.25, 0.3) is 0 Å². The first kappa shape index (κ1) is 9.52. The molecule has 3 N–H and O–H groups in total. The van der Waals surface area contributed by atoms with Crippen molar-refractivity contribution in [3.05, 3.63) is 0 Å². The first-order valence-corrected chi connectivity index (χ1v) is 4.62. The first-order valence-electron chi connectivity index (χ1n) is 4.62. The zero-order valence-electron chi connectivity index (χ0n) is 7.89. The van der Waals surface area contributed by atoms with Crippen LogP contribution in [-0.4, -0.2) is 11.6 Å². The summed E-state index contributed by atoms with van der Waals surface area (Å²) < 4.78 is 0. The Kier molecular flexibility index (Phi) is 2.73. The van der Waals surface area contributed by atoms with Crippen molar-refractivity contribution in [2.24, 2.45) is 11.7 Å². The van der Waals surface area contributed by atoms with Crippen molar-refractivity contribution in [3.63, 3.8) is 0 Å². The summed E-state index contributed by atoms with van der Waals surface area (Å²) in [7, 11) is 0. The average Bonchev–Trinajstić information content (AvgIpc) is 1.81. The minimum absolute atomic E-state index is 0.0900. The summed E-state index contributed by atoms with van der Waals surface area (Å²) in [6.07, 6.45) is 3.57. The molecular weight excluding hydrogens is 152 g/mol. The second kappa shape index (κ2) is 3.44. The van der Waals surface area contributed by atoms with Crippen LogP contribution in [0.1, 0.15) is 39.5 Å². The first-order chi connectivity index (χ1) is 5.52. The largest absolute Gasteiger partial charge is 0.338 e. The molecule has 12 heavy (non-hydrogen) atoms. The summed E-state index contributed by atoms with van der Waals surface area (Å²) in [4.78, 5) is 11.3. The van der Waals surface area contributed by atoms with Gasteiger partial charge in [0, 0.05) is 6.42 Å². The molecule has 1 rings (SSSR count). The number of nitrogens with one attached hydrogen (secondary N) is 1. The molecule has 1 saturated carbocycles. The highest BCUT2D eigenvalue weighted by Crippen LogP contribution is 2.26. The van der Waals surface area contributed by atoms with Gasteiger partial charge in [-0.25, -0.2) is 0 Å². The number of rotatable bonds is 3. The molecule has 70 valence electrons. The molecule has 1 aliphatic rings. The van der Waals surface area contributed by atoms with Crippen LogP contribution in [0.4, 0.5) is 0 Å². The third kappa shape index (κ3) is 2.48. The maximum atomic E-state index is 11.3. The molecule has 0 aliphatic heterocycles. The second-order valence-corrected chi connectivity index (χ2v) is 4.16. The van der Waals surface area contributed by atoms with Gasteiger partial charge < -0.3 is 11.1 Å². The van der Waals surface area contributed by atoms with Gasteiger partial charge in [-0.15, -0.1) is 0 Å². The monoisotopic (exact) mass is 170 g/mol. The molecule has 3 nitrogen and oxygen atoms in total. The van der Waals surface area contributed by atoms with Crippen LogP contribution in [0.2, 0.25) is 0 Å². The Morgan fingerprint density at radius 2 is 2.17 bits per heavy atom. The maximum Gasteiger partial charge on any atom is 0.221 e. The molecule has 0 heterocycles. The molecule has 0 atom stereocenters. The van der Waals surface area contributed by atoms with E-state index in [9.17, 15) is 4.79 Å². The summed E-state index contributed by atoms with van der Waals surface area (Å²) >= 11 is 0. The number of hydrogen-bond donors (Lipinski definition) is 2. The van der Waals surface area contributed by atoms with E-state index in [1.165, 1.54) is 0 Å². The van der Waals surface area contributed by atoms with E-state index in [0.29, 0.717) is 12.3 Å². The minimum atomic E-state index is -0.369. The van der Waals surface area contributed by atoms with Crippen molar-refractivity contribution in [1.29, 1.82) is 0 Å². The zero-order chi connectivity index (χ0) is 9.19. The fraction of sp³-hybridized carbons (Fsp3) is 0.889. The minimum Gasteiger partial charge on any atom is -0.338 e. The lowest BCUT2D eigenvalue weighted by atomic mass is 9.85. The lowest BCUT2D eigenvalue weighted by molar-refractivity contribution is -0.124. The molecule has 1 amide bonds. The summed E-state index contributed by atoms with van der Waals surface area (Å²) in [5.74, 6) is 0.501. The van der Waals surface area contributed by atoms with Gasteiger partial charge in [-0.05, 0) is 25.2 Å². The Morgan fingerprint density at radius 3 is 2.50 bits per heavy atom. The van der Waals surface area contributed by atoms with Gasteiger partial charge in [0.1, 0.15) is 0 Å². The fourth-order valence-electron chi connectivity index (χ4n) is 1.38. The van der Waals surface area contributed by atoms with E-state index in [4.69, 9.17) is 5.73 Å². The van der Waals surface area contributed by atoms with Crippen LogP contribution in [0.3, 0.4) is 0 Å². The Balaban J connectivity index is 2.26. The third-order valence-corrected chi connectivity index (χ3v) is 2.23. The molecule has 1 aliphatic carbocycles. The van der Waals surface area contributed by atoms with Gasteiger partial charge >= 0.3 is 0 Å². The predicted molar refractivity (Wildman–Crippen MR) is 48.4 cm³/mol. The second-order valence-electron chi connectivity index (χ2n) is 4.16. The smallest absolute Gasteiger partial charge is 0.221 e. The van der Waals surface area contributed by atoms with Crippen molar-refractivity contribution in [3.8, 4) is 0 Å². The third-order valence-electron chi connectivity index (χ3n) is 2.23. The van der Waals surface area contributed by atoms with E-state index in [1.807, 2.05) is 13.8 Å². The molecule has 0 bridgehead atoms. The highest BCUT2D eigenvalue weighted by atomic mass is 16.1. The van der Waals surface area contributed by atoms with Crippen LogP contribution in [0.25, 0.3) is 0 Å². The molecule has 0 saturated heterocycles. The normalized spacial score (nSPS) is 20.3. The van der Waals surface area contributed by atoms with Gasteiger partial charge in [0.2, 0.25) is 5.91 Å². The lowest BCUT2D eigenvalue weighted by Gasteiger charge is -2.38. The zero-order valence-corrected chi connectivity index (χ0v) is 7.89. The Hall–Kier alpha value is -0.570. The summed E-state index contributed by atoms with van der Waals surface area (Å²) in [6.45, 7) is 4.06. The quantitative estimate of drug-likeness (QED) is 0.620. The number of hydrogen-bond acceptors (Lipinski definition) is 2. The van der Waals surface area contributed by atoms with Crippen molar-refractivity contribution < 1.29 is 4.79 Å². The van der Waals surface area contributed by atoms with Crippen LogP contribution in [-0.2, 0) is 4.79 Å². The predicted octanol–water partition coefficient (Wildman–Crippen LogP) is 0.988. The fourth-order valence-corrected chi connectivity index (χ4v) is 1.38. The Bertz CT molecular complexity index is 173. The number of carbonyl (C=O) groups excluding carboxylic acids is 1. The Morgan fingerprint density at radius 1 is 1.58 bits per heavy atom. The maximum absolute atomic E-state index is 11.3. The van der Waals surface area contributed by atoms with E-state index in [-0.39, 0.29) is 11.6 Å². The molecule has 0 radical (unpaired) electrons. The van der Waals surface area contributed by atoms with Gasteiger partial charge in [-0.1, -0.05) is 13.8 Å². The van der Waals surface area contributed by atoms with Crippen LogP contribution in [0.5, 0.6) is 0 Å². The Labute approximate surface area is 73.7 Å². The SMILES string of the molecule is CC(C)CC(=O)NC1(N)CCC1. The molecule has 0 aromatic carbocycles. The molecule has 0 aromatic rings. The molecule has 1 fully saturated rings. The summed E-state index contributed by atoms with van der Waals surface area (Å²) in [6, 6.07) is 0. The van der Waals surface area contributed by atoms with E-state index in [2.05, 4.69) is 5.32 Å². The van der Waals surface area contributed by atoms with E-state index < -0.39 is 0 Å². The van der Waals surface area contributed by atoms with Crippen molar-refractivity contribution >= 4 is 5.91 Å². The number of nitrogens with two attached hydrogens (primary N) is 1. The summed E-state index contributed by atoms with van der Waals surface area (Å²) in [5.41, 5.74) is 5.48. The van der Waals surface area contributed by atoms with Crippen LogP contribution in [0.15, 0.2) is 0 Å². The van der Waals surface area contributed by atoms with Gasteiger partial charge in [0.15, 0.2) is 0 Å². The topological polar surface area (TPSA) is 55.1 Å². The molecule has 3 heteroatoms. The van der Waals surface area contributed by atoms with Crippen LogP contribution < -0.4 is 11.1 Å². The van der Waals surface area contributed by atoms with E-state index in [0.717, 1.165) is 19.3 Å². The number of carbonyl (C=O) groups is 1.